The summed E-state index contributed by atoms with van der Waals surface area (Å²) in [7, 11) is 0. The summed E-state index contributed by atoms with van der Waals surface area (Å²) in [6.07, 6.45) is 0. The van der Waals surface area contributed by atoms with Gasteiger partial charge in [-0.2, -0.15) is 0 Å². The van der Waals surface area contributed by atoms with E-state index in [1.54, 1.807) is 12.1 Å². The minimum atomic E-state index is -0.462. The van der Waals surface area contributed by atoms with Gasteiger partial charge in [-0.1, -0.05) is 11.6 Å². The van der Waals surface area contributed by atoms with Crippen LogP contribution < -0.4 is 5.73 Å². The van der Waals surface area contributed by atoms with Gasteiger partial charge in [0.2, 0.25) is 0 Å². The van der Waals surface area contributed by atoms with Crippen LogP contribution in [0.1, 0.15) is 11.7 Å². The summed E-state index contributed by atoms with van der Waals surface area (Å²) in [6, 6.07) is 3.01. The lowest BCUT2D eigenvalue weighted by Gasteiger charge is -2.07. The second-order valence-corrected chi connectivity index (χ2v) is 3.51. The first kappa shape index (κ1) is 9.92. The van der Waals surface area contributed by atoms with Crippen molar-refractivity contribution in [2.24, 2.45) is 5.73 Å². The average Bonchev–Trinajstić information content (AvgIpc) is 2.08. The van der Waals surface area contributed by atoms with Crippen molar-refractivity contribution in [3.05, 3.63) is 27.5 Å². The molecule has 0 bridgehead atoms. The Morgan fingerprint density at radius 3 is 2.83 bits per heavy atom. The normalized spacial score (nSPS) is 13.0. The predicted octanol–water partition coefficient (Wildman–Crippen LogP) is 1.49. The van der Waals surface area contributed by atoms with E-state index in [1.807, 2.05) is 0 Å². The number of rotatable bonds is 2. The molecule has 1 aromatic rings. The van der Waals surface area contributed by atoms with Gasteiger partial charge < -0.3 is 10.8 Å². The molecule has 0 amide bonds. The lowest BCUT2D eigenvalue weighted by Crippen LogP contribution is -2.15. The maximum absolute atomic E-state index is 8.73. The van der Waals surface area contributed by atoms with E-state index >= 15 is 0 Å². The summed E-state index contributed by atoms with van der Waals surface area (Å²) in [5, 5.41) is 9.09. The fourth-order valence-corrected chi connectivity index (χ4v) is 1.11. The first-order valence-corrected chi connectivity index (χ1v) is 4.50. The molecule has 0 spiro atoms. The van der Waals surface area contributed by atoms with Crippen LogP contribution in [0.2, 0.25) is 5.15 Å². The van der Waals surface area contributed by atoms with Crippen molar-refractivity contribution in [3.63, 3.8) is 0 Å². The van der Waals surface area contributed by atoms with Gasteiger partial charge in [-0.3, -0.25) is 0 Å². The number of pyridine rings is 1. The van der Waals surface area contributed by atoms with Crippen LogP contribution in [0.3, 0.4) is 0 Å². The minimum absolute atomic E-state index is 0.134. The van der Waals surface area contributed by atoms with E-state index in [2.05, 4.69) is 20.9 Å². The zero-order valence-corrected chi connectivity index (χ0v) is 8.51. The van der Waals surface area contributed by atoms with Crippen molar-refractivity contribution in [3.8, 4) is 0 Å². The SMILES string of the molecule is NC(CO)c1ccc(Br)c(Cl)n1. The zero-order valence-electron chi connectivity index (χ0n) is 6.17. The van der Waals surface area contributed by atoms with E-state index in [0.717, 1.165) is 4.47 Å². The van der Waals surface area contributed by atoms with Crippen molar-refractivity contribution in [2.45, 2.75) is 6.04 Å². The van der Waals surface area contributed by atoms with Crippen molar-refractivity contribution in [1.29, 1.82) is 0 Å². The topological polar surface area (TPSA) is 59.1 Å². The summed E-state index contributed by atoms with van der Waals surface area (Å²) < 4.78 is 0.720. The van der Waals surface area contributed by atoms with E-state index < -0.39 is 6.04 Å². The third kappa shape index (κ3) is 2.17. The predicted molar refractivity (Wildman–Crippen MR) is 51.0 cm³/mol. The Labute approximate surface area is 83.7 Å². The highest BCUT2D eigenvalue weighted by molar-refractivity contribution is 9.10. The van der Waals surface area contributed by atoms with E-state index in [4.69, 9.17) is 22.4 Å². The molecule has 0 saturated heterocycles. The fraction of sp³-hybridized carbons (Fsp3) is 0.286. The molecule has 3 N–H and O–H groups in total. The van der Waals surface area contributed by atoms with Crippen molar-refractivity contribution < 1.29 is 5.11 Å². The van der Waals surface area contributed by atoms with Crippen LogP contribution in [0.4, 0.5) is 0 Å². The first-order chi connectivity index (χ1) is 5.65. The van der Waals surface area contributed by atoms with Gasteiger partial charge in [-0.25, -0.2) is 4.98 Å². The van der Waals surface area contributed by atoms with Gasteiger partial charge in [-0.15, -0.1) is 0 Å². The fourth-order valence-electron chi connectivity index (χ4n) is 0.731. The van der Waals surface area contributed by atoms with Crippen LogP contribution >= 0.6 is 27.5 Å². The molecule has 5 heteroatoms. The molecule has 0 saturated carbocycles. The minimum Gasteiger partial charge on any atom is -0.394 e. The number of hydrogen-bond donors (Lipinski definition) is 2. The molecule has 0 aliphatic rings. The Morgan fingerprint density at radius 2 is 2.33 bits per heavy atom. The van der Waals surface area contributed by atoms with Gasteiger partial charge >= 0.3 is 0 Å². The number of nitrogens with two attached hydrogens (primary N) is 1. The molecule has 0 fully saturated rings. The van der Waals surface area contributed by atoms with Crippen molar-refractivity contribution >= 4 is 27.5 Å². The number of halogens is 2. The van der Waals surface area contributed by atoms with Gasteiger partial charge in [-0.05, 0) is 28.1 Å². The summed E-state index contributed by atoms with van der Waals surface area (Å²) in [5.74, 6) is 0. The lowest BCUT2D eigenvalue weighted by atomic mass is 10.2. The Balaban J connectivity index is 2.96. The molecule has 1 unspecified atom stereocenters. The Morgan fingerprint density at radius 1 is 1.67 bits per heavy atom. The summed E-state index contributed by atoms with van der Waals surface area (Å²) in [5.41, 5.74) is 6.12. The molecule has 1 rings (SSSR count). The van der Waals surface area contributed by atoms with Gasteiger partial charge in [0.05, 0.1) is 22.8 Å². The Hall–Kier alpha value is -0.160. The van der Waals surface area contributed by atoms with Gasteiger partial charge in [0.15, 0.2) is 0 Å². The number of nitrogens with zero attached hydrogens (tertiary/aromatic N) is 1. The molecule has 66 valence electrons. The lowest BCUT2D eigenvalue weighted by molar-refractivity contribution is 0.266. The molecule has 0 aromatic carbocycles. The average molecular weight is 252 g/mol. The van der Waals surface area contributed by atoms with E-state index in [1.165, 1.54) is 0 Å². The number of aromatic nitrogens is 1. The van der Waals surface area contributed by atoms with Gasteiger partial charge in [0.25, 0.3) is 0 Å². The quantitative estimate of drug-likeness (QED) is 0.783. The largest absolute Gasteiger partial charge is 0.394 e. The summed E-state index contributed by atoms with van der Waals surface area (Å²) in [6.45, 7) is -0.134. The second kappa shape index (κ2) is 4.18. The van der Waals surface area contributed by atoms with Crippen LogP contribution in [0.15, 0.2) is 16.6 Å². The smallest absolute Gasteiger partial charge is 0.143 e. The number of aliphatic hydroxyl groups is 1. The molecular weight excluding hydrogens is 243 g/mol. The Kier molecular flexibility index (Phi) is 3.46. The van der Waals surface area contributed by atoms with Crippen LogP contribution in [0, 0.1) is 0 Å². The standard InChI is InChI=1S/C7H8BrClN2O/c8-4-1-2-6(5(10)3-12)11-7(4)9/h1-2,5,12H,3,10H2. The summed E-state index contributed by atoms with van der Waals surface area (Å²) in [4.78, 5) is 3.98. The van der Waals surface area contributed by atoms with Crippen LogP contribution in [-0.4, -0.2) is 16.7 Å². The summed E-state index contributed by atoms with van der Waals surface area (Å²) >= 11 is 8.92. The Bertz CT molecular complexity index is 282. The maximum Gasteiger partial charge on any atom is 0.143 e. The molecule has 3 nitrogen and oxygen atoms in total. The molecule has 0 aliphatic heterocycles. The molecule has 1 heterocycles. The van der Waals surface area contributed by atoms with Crippen LogP contribution in [-0.2, 0) is 0 Å². The number of aliphatic hydroxyl groups excluding tert-OH is 1. The molecular formula is C7H8BrClN2O. The van der Waals surface area contributed by atoms with Gasteiger partial charge in [0.1, 0.15) is 5.15 Å². The highest BCUT2D eigenvalue weighted by Gasteiger charge is 2.07. The third-order valence-corrected chi connectivity index (χ3v) is 2.56. The van der Waals surface area contributed by atoms with Crippen molar-refractivity contribution in [2.75, 3.05) is 6.61 Å². The van der Waals surface area contributed by atoms with Crippen molar-refractivity contribution in [1.82, 2.24) is 4.98 Å². The van der Waals surface area contributed by atoms with Gasteiger partial charge in [0, 0.05) is 0 Å². The maximum atomic E-state index is 8.73. The molecule has 12 heavy (non-hydrogen) atoms. The molecule has 1 atom stereocenters. The zero-order chi connectivity index (χ0) is 9.14. The van der Waals surface area contributed by atoms with E-state index in [0.29, 0.717) is 10.8 Å². The van der Waals surface area contributed by atoms with Crippen LogP contribution in [0.5, 0.6) is 0 Å². The van der Waals surface area contributed by atoms with Crippen LogP contribution in [0.25, 0.3) is 0 Å². The molecule has 1 aromatic heterocycles. The van der Waals surface area contributed by atoms with E-state index in [9.17, 15) is 0 Å². The highest BCUT2D eigenvalue weighted by atomic mass is 79.9. The molecule has 0 aliphatic carbocycles. The third-order valence-electron chi connectivity index (χ3n) is 1.40. The first-order valence-electron chi connectivity index (χ1n) is 3.33. The highest BCUT2D eigenvalue weighted by Crippen LogP contribution is 2.21. The van der Waals surface area contributed by atoms with E-state index in [-0.39, 0.29) is 6.61 Å². The monoisotopic (exact) mass is 250 g/mol. The number of hydrogen-bond acceptors (Lipinski definition) is 3. The molecule has 0 radical (unpaired) electrons. The second-order valence-electron chi connectivity index (χ2n) is 2.30.